The van der Waals surface area contributed by atoms with Crippen LogP contribution in [0.25, 0.3) is 0 Å². The average molecular weight is 234 g/mol. The Kier molecular flexibility index (Phi) is 3.61. The van der Waals surface area contributed by atoms with Gasteiger partial charge in [-0.1, -0.05) is 0 Å². The zero-order valence-electron chi connectivity index (χ0n) is 7.93. The number of H-pyrrole nitrogens is 1. The first-order valence-electron chi connectivity index (χ1n) is 4.05. The Balaban J connectivity index is 2.57. The highest BCUT2D eigenvalue weighted by Crippen LogP contribution is 1.99. The van der Waals surface area contributed by atoms with Crippen molar-refractivity contribution in [2.45, 2.75) is 6.92 Å². The number of sulfonamides is 1. The summed E-state index contributed by atoms with van der Waals surface area (Å²) in [5.74, 6) is -1.61. The molecule has 84 valence electrons. The maximum atomic E-state index is 11.3. The normalized spacial score (nSPS) is 11.0. The lowest BCUT2D eigenvalue weighted by Crippen LogP contribution is -2.24. The Hall–Kier alpha value is -1.64. The summed E-state index contributed by atoms with van der Waals surface area (Å²) >= 11 is 0. The number of rotatable bonds is 5. The molecule has 0 unspecified atom stereocenters. The molecule has 0 spiro atoms. The van der Waals surface area contributed by atoms with Crippen molar-refractivity contribution >= 4 is 21.9 Å². The predicted molar refractivity (Wildman–Crippen MR) is 50.4 cm³/mol. The number of carbonyl (C=O) groups excluding carboxylic acids is 1. The van der Waals surface area contributed by atoms with Crippen molar-refractivity contribution in [2.75, 3.05) is 17.1 Å². The molecular formula is C6H10N4O4S. The Labute approximate surface area is 86.1 Å². The molecule has 0 bridgehead atoms. The molecule has 0 radical (unpaired) electrons. The molecule has 2 N–H and O–H groups in total. The fourth-order valence-electron chi connectivity index (χ4n) is 0.796. The third-order valence-electron chi connectivity index (χ3n) is 1.28. The van der Waals surface area contributed by atoms with Crippen molar-refractivity contribution in [3.05, 3.63) is 6.33 Å². The Morgan fingerprint density at radius 1 is 1.67 bits per heavy atom. The molecule has 1 aromatic rings. The average Bonchev–Trinajstić information content (AvgIpc) is 2.54. The number of hydrogen-bond acceptors (Lipinski definition) is 6. The molecule has 1 rings (SSSR count). The number of ether oxygens (including phenoxy) is 1. The van der Waals surface area contributed by atoms with Gasteiger partial charge >= 0.3 is 5.97 Å². The maximum Gasteiger partial charge on any atom is 0.323 e. The van der Waals surface area contributed by atoms with Crippen LogP contribution in [0.2, 0.25) is 0 Å². The molecule has 0 amide bonds. The number of nitrogens with zero attached hydrogens (tertiary/aromatic N) is 2. The summed E-state index contributed by atoms with van der Waals surface area (Å²) in [7, 11) is -3.78. The van der Waals surface area contributed by atoms with Crippen LogP contribution in [0.1, 0.15) is 6.92 Å². The number of carbonyl (C=O) groups is 1. The number of aromatic amines is 1. The Morgan fingerprint density at radius 3 is 2.93 bits per heavy atom. The molecule has 0 fully saturated rings. The predicted octanol–water partition coefficient (Wildman–Crippen LogP) is -0.890. The highest BCUT2D eigenvalue weighted by Gasteiger charge is 2.18. The monoisotopic (exact) mass is 234 g/mol. The van der Waals surface area contributed by atoms with Crippen LogP contribution in [-0.4, -0.2) is 41.9 Å². The summed E-state index contributed by atoms with van der Waals surface area (Å²) in [4.78, 5) is 14.4. The van der Waals surface area contributed by atoms with E-state index < -0.39 is 21.7 Å². The summed E-state index contributed by atoms with van der Waals surface area (Å²) in [6, 6.07) is 0. The quantitative estimate of drug-likeness (QED) is 0.639. The van der Waals surface area contributed by atoms with E-state index in [0.29, 0.717) is 0 Å². The second-order valence-electron chi connectivity index (χ2n) is 2.50. The van der Waals surface area contributed by atoms with E-state index >= 15 is 0 Å². The third kappa shape index (κ3) is 3.94. The van der Waals surface area contributed by atoms with Gasteiger partial charge in [0.05, 0.1) is 6.61 Å². The number of nitrogens with one attached hydrogen (secondary N) is 2. The summed E-state index contributed by atoms with van der Waals surface area (Å²) in [5.41, 5.74) is 0. The van der Waals surface area contributed by atoms with Gasteiger partial charge in [-0.05, 0) is 6.92 Å². The molecule has 1 aromatic heterocycles. The maximum absolute atomic E-state index is 11.3. The fourth-order valence-corrected chi connectivity index (χ4v) is 1.65. The highest BCUT2D eigenvalue weighted by molar-refractivity contribution is 7.93. The van der Waals surface area contributed by atoms with Crippen molar-refractivity contribution in [1.82, 2.24) is 15.2 Å². The van der Waals surface area contributed by atoms with Gasteiger partial charge < -0.3 is 4.74 Å². The van der Waals surface area contributed by atoms with Crippen LogP contribution < -0.4 is 4.72 Å². The SMILES string of the molecule is CCOC(=O)CS(=O)(=O)Nc1ncn[nH]1. The molecule has 0 saturated heterocycles. The van der Waals surface area contributed by atoms with Gasteiger partial charge in [-0.15, -0.1) is 0 Å². The minimum atomic E-state index is -3.78. The van der Waals surface area contributed by atoms with E-state index in [1.54, 1.807) is 6.92 Å². The van der Waals surface area contributed by atoms with E-state index in [1.807, 2.05) is 4.72 Å². The summed E-state index contributed by atoms with van der Waals surface area (Å²) in [6.07, 6.45) is 1.14. The van der Waals surface area contributed by atoms with Gasteiger partial charge in [0.25, 0.3) is 0 Å². The molecule has 9 heteroatoms. The van der Waals surface area contributed by atoms with Gasteiger partial charge in [0.15, 0.2) is 5.75 Å². The largest absolute Gasteiger partial charge is 0.465 e. The van der Waals surface area contributed by atoms with Gasteiger partial charge in [0.2, 0.25) is 16.0 Å². The second kappa shape index (κ2) is 4.73. The van der Waals surface area contributed by atoms with Crippen molar-refractivity contribution in [1.29, 1.82) is 0 Å². The zero-order valence-corrected chi connectivity index (χ0v) is 8.74. The van der Waals surface area contributed by atoms with Crippen LogP contribution in [0.5, 0.6) is 0 Å². The van der Waals surface area contributed by atoms with E-state index in [1.165, 1.54) is 0 Å². The number of aromatic nitrogens is 3. The number of hydrogen-bond donors (Lipinski definition) is 2. The van der Waals surface area contributed by atoms with Crippen molar-refractivity contribution in [3.63, 3.8) is 0 Å². The first kappa shape index (κ1) is 11.4. The molecule has 0 aliphatic rings. The first-order chi connectivity index (χ1) is 7.03. The van der Waals surface area contributed by atoms with E-state index in [0.717, 1.165) is 6.33 Å². The molecule has 0 atom stereocenters. The molecule has 0 aromatic carbocycles. The standard InChI is InChI=1S/C6H10N4O4S/c1-2-14-5(11)3-15(12,13)10-6-7-4-8-9-6/h4H,2-3H2,1H3,(H2,7,8,9,10). The molecular weight excluding hydrogens is 224 g/mol. The van der Waals surface area contributed by atoms with Gasteiger partial charge in [-0.25, -0.2) is 13.5 Å². The van der Waals surface area contributed by atoms with E-state index in [-0.39, 0.29) is 12.6 Å². The summed E-state index contributed by atoms with van der Waals surface area (Å²) < 4.78 is 29.1. The van der Waals surface area contributed by atoms with E-state index in [4.69, 9.17) is 0 Å². The lowest BCUT2D eigenvalue weighted by atomic mass is 10.8. The lowest BCUT2D eigenvalue weighted by molar-refractivity contribution is -0.139. The second-order valence-corrected chi connectivity index (χ2v) is 4.22. The number of anilines is 1. The molecule has 0 aliphatic carbocycles. The molecule has 15 heavy (non-hydrogen) atoms. The van der Waals surface area contributed by atoms with E-state index in [9.17, 15) is 13.2 Å². The summed E-state index contributed by atoms with van der Waals surface area (Å²) in [6.45, 7) is 1.73. The fraction of sp³-hybridized carbons (Fsp3) is 0.500. The lowest BCUT2D eigenvalue weighted by Gasteiger charge is -2.03. The van der Waals surface area contributed by atoms with E-state index in [2.05, 4.69) is 19.9 Å². The van der Waals surface area contributed by atoms with Gasteiger partial charge in [0.1, 0.15) is 6.33 Å². The van der Waals surface area contributed by atoms with Crippen LogP contribution in [0.3, 0.4) is 0 Å². The summed E-state index contributed by atoms with van der Waals surface area (Å²) in [5, 5.41) is 5.74. The van der Waals surface area contributed by atoms with Crippen LogP contribution in [0.15, 0.2) is 6.33 Å². The molecule has 0 aliphatic heterocycles. The van der Waals surface area contributed by atoms with Crippen LogP contribution in [-0.2, 0) is 19.6 Å². The van der Waals surface area contributed by atoms with Crippen molar-refractivity contribution in [2.24, 2.45) is 0 Å². The molecule has 1 heterocycles. The topological polar surface area (TPSA) is 114 Å². The van der Waals surface area contributed by atoms with Crippen LogP contribution in [0.4, 0.5) is 5.95 Å². The van der Waals surface area contributed by atoms with Crippen molar-refractivity contribution in [3.8, 4) is 0 Å². The van der Waals surface area contributed by atoms with Crippen LogP contribution >= 0.6 is 0 Å². The third-order valence-corrected chi connectivity index (χ3v) is 2.40. The van der Waals surface area contributed by atoms with Gasteiger partial charge in [-0.3, -0.25) is 9.52 Å². The molecule has 8 nitrogen and oxygen atoms in total. The van der Waals surface area contributed by atoms with Gasteiger partial charge in [0, 0.05) is 0 Å². The molecule has 0 saturated carbocycles. The smallest absolute Gasteiger partial charge is 0.323 e. The van der Waals surface area contributed by atoms with Crippen LogP contribution in [0, 0.1) is 0 Å². The van der Waals surface area contributed by atoms with Gasteiger partial charge in [-0.2, -0.15) is 10.1 Å². The Bertz CT molecular complexity index is 412. The first-order valence-corrected chi connectivity index (χ1v) is 5.70. The van der Waals surface area contributed by atoms with Crippen molar-refractivity contribution < 1.29 is 17.9 Å². The minimum absolute atomic E-state index is 0.0423. The minimum Gasteiger partial charge on any atom is -0.465 e. The highest BCUT2D eigenvalue weighted by atomic mass is 32.2. The Morgan fingerprint density at radius 2 is 2.40 bits per heavy atom. The number of esters is 1. The zero-order chi connectivity index (χ0) is 11.3.